The molecule has 7 heteroatoms. The third kappa shape index (κ3) is 7.23. The molecule has 178 valence electrons. The van der Waals surface area contributed by atoms with Gasteiger partial charge in [0.25, 0.3) is 0 Å². The van der Waals surface area contributed by atoms with E-state index in [0.29, 0.717) is 24.3 Å². The van der Waals surface area contributed by atoms with Gasteiger partial charge in [0.15, 0.2) is 0 Å². The van der Waals surface area contributed by atoms with Crippen molar-refractivity contribution >= 4 is 11.7 Å². The van der Waals surface area contributed by atoms with Crippen molar-refractivity contribution in [2.45, 2.75) is 38.6 Å². The van der Waals surface area contributed by atoms with Gasteiger partial charge in [-0.15, -0.1) is 0 Å². The Labute approximate surface area is 228 Å². The summed E-state index contributed by atoms with van der Waals surface area (Å²) < 4.78 is 25.4. The Balaban J connectivity index is 0.000000795. The largest absolute Gasteiger partial charge is 1.00 e. The van der Waals surface area contributed by atoms with Gasteiger partial charge in [-0.3, -0.25) is 0 Å². The van der Waals surface area contributed by atoms with E-state index in [2.05, 4.69) is 5.32 Å². The fourth-order valence-electron chi connectivity index (χ4n) is 3.71. The maximum atomic E-state index is 14.3. The molecule has 0 radical (unpaired) electrons. The average molecular weight is 486 g/mol. The van der Waals surface area contributed by atoms with Gasteiger partial charge in [0.2, 0.25) is 0 Å². The third-order valence-corrected chi connectivity index (χ3v) is 5.87. The molecule has 2 unspecified atom stereocenters. The van der Waals surface area contributed by atoms with Gasteiger partial charge >= 0.3 is 29.6 Å². The summed E-state index contributed by atoms with van der Waals surface area (Å²) in [7, 11) is 1.55. The summed E-state index contributed by atoms with van der Waals surface area (Å²) in [5, 5.41) is 14.5. The third-order valence-electron chi connectivity index (χ3n) is 5.87. The first-order valence-corrected chi connectivity index (χ1v) is 11.6. The number of hydrogen-bond donors (Lipinski definition) is 1. The van der Waals surface area contributed by atoms with Crippen LogP contribution in [0.5, 0.6) is 11.5 Å². The zero-order valence-corrected chi connectivity index (χ0v) is 22.5. The molecule has 2 aliphatic rings. The molecule has 3 aromatic carbocycles. The minimum atomic E-state index is -1.06. The van der Waals surface area contributed by atoms with Crippen LogP contribution in [-0.2, 0) is 11.2 Å². The minimum absolute atomic E-state index is 0. The molecular formula is C28H29FNNaO4. The predicted molar refractivity (Wildman–Crippen MR) is 128 cm³/mol. The number of carboxylic acids is 1. The van der Waals surface area contributed by atoms with Crippen LogP contribution in [0.2, 0.25) is 0 Å². The quantitative estimate of drug-likeness (QED) is 0.542. The summed E-state index contributed by atoms with van der Waals surface area (Å²) in [5.41, 5.74) is 3.97. The van der Waals surface area contributed by atoms with E-state index in [-0.39, 0.29) is 41.4 Å². The molecule has 5 nitrogen and oxygen atoms in total. The predicted octanol–water partition coefficient (Wildman–Crippen LogP) is 2.15. The fourth-order valence-corrected chi connectivity index (χ4v) is 3.71. The molecule has 0 amide bonds. The zero-order valence-electron chi connectivity index (χ0n) is 20.5. The number of halogens is 1. The second-order valence-corrected chi connectivity index (χ2v) is 8.79. The number of hydrogen-bond acceptors (Lipinski definition) is 5. The van der Waals surface area contributed by atoms with Gasteiger partial charge in [0.05, 0.1) is 18.8 Å². The van der Waals surface area contributed by atoms with Crippen molar-refractivity contribution in [2.75, 3.05) is 19.0 Å². The van der Waals surface area contributed by atoms with Crippen molar-refractivity contribution in [1.82, 2.24) is 0 Å². The van der Waals surface area contributed by atoms with Crippen LogP contribution in [0.4, 0.5) is 10.1 Å². The molecule has 1 N–H and O–H groups in total. The average Bonchev–Trinajstić information content (AvgIpc) is 3.74. The first-order valence-electron chi connectivity index (χ1n) is 11.6. The maximum Gasteiger partial charge on any atom is 1.00 e. The Morgan fingerprint density at radius 3 is 2.46 bits per heavy atom. The van der Waals surface area contributed by atoms with Gasteiger partial charge in [-0.05, 0) is 59.4 Å². The van der Waals surface area contributed by atoms with Crippen LogP contribution in [0.1, 0.15) is 43.4 Å². The molecule has 1 aliphatic carbocycles. The van der Waals surface area contributed by atoms with Crippen molar-refractivity contribution in [2.24, 2.45) is 5.92 Å². The summed E-state index contributed by atoms with van der Waals surface area (Å²) in [6.45, 7) is 2.09. The van der Waals surface area contributed by atoms with E-state index < -0.39 is 11.9 Å². The van der Waals surface area contributed by atoms with E-state index in [1.54, 1.807) is 26.2 Å². The number of carbonyl (C=O) groups excluding carboxylic acids is 1. The summed E-state index contributed by atoms with van der Waals surface area (Å²) in [5.74, 6) is -0.602. The van der Waals surface area contributed by atoms with Crippen LogP contribution >= 0.6 is 0 Å². The Kier molecular flexibility index (Phi) is 9.61. The zero-order chi connectivity index (χ0) is 24.1. The second kappa shape index (κ2) is 12.4. The van der Waals surface area contributed by atoms with Gasteiger partial charge in [-0.1, -0.05) is 56.5 Å². The van der Waals surface area contributed by atoms with Crippen molar-refractivity contribution in [3.05, 3.63) is 77.6 Å². The number of rotatable bonds is 6. The Morgan fingerprint density at radius 2 is 1.83 bits per heavy atom. The molecular weight excluding hydrogens is 456 g/mol. The van der Waals surface area contributed by atoms with Gasteiger partial charge in [0, 0.05) is 11.5 Å². The molecule has 1 fully saturated rings. The van der Waals surface area contributed by atoms with Crippen molar-refractivity contribution < 1.29 is 53.3 Å². The standard InChI is InChI=1S/C25H24FNO4.C3H6.Na/c1-15(25(28)29)11-16-3-10-24-22(12-16)27-23(14-31-24)18-6-4-17(5-7-18)20-13-19(30-2)8-9-21(20)26;1-2-3-1;/h3-10,12-13,15,23,27H,11,14H2,1-2H3,(H,28,29);1-3H2;/q;;+1/p-1. The molecule has 35 heavy (non-hydrogen) atoms. The normalized spacial score (nSPS) is 16.1. The van der Waals surface area contributed by atoms with Crippen molar-refractivity contribution in [1.29, 1.82) is 0 Å². The number of anilines is 1. The number of methoxy groups -OCH3 is 1. The molecule has 0 aromatic heterocycles. The fraction of sp³-hybridized carbons (Fsp3) is 0.321. The molecule has 1 heterocycles. The summed E-state index contributed by atoms with van der Waals surface area (Å²) in [6.07, 6.45) is 4.89. The molecule has 3 aromatic rings. The van der Waals surface area contributed by atoms with Crippen LogP contribution in [0.15, 0.2) is 60.7 Å². The molecule has 5 rings (SSSR count). The first kappa shape index (κ1) is 27.1. The SMILES string of the molecule is C1CC1.COc1ccc(F)c(-c2ccc(C3COc4ccc(CC(C)C(=O)[O-])cc4N3)cc2)c1.[Na+]. The topological polar surface area (TPSA) is 70.6 Å². The minimum Gasteiger partial charge on any atom is -0.550 e. The molecule has 0 saturated heterocycles. The maximum absolute atomic E-state index is 14.3. The van der Waals surface area contributed by atoms with Crippen LogP contribution in [0.25, 0.3) is 11.1 Å². The molecule has 2 atom stereocenters. The monoisotopic (exact) mass is 485 g/mol. The van der Waals surface area contributed by atoms with E-state index in [1.165, 1.54) is 25.3 Å². The van der Waals surface area contributed by atoms with E-state index in [9.17, 15) is 14.3 Å². The van der Waals surface area contributed by atoms with Crippen molar-refractivity contribution in [3.8, 4) is 22.6 Å². The smallest absolute Gasteiger partial charge is 0.550 e. The van der Waals surface area contributed by atoms with E-state index >= 15 is 0 Å². The summed E-state index contributed by atoms with van der Waals surface area (Å²) in [4.78, 5) is 11.0. The van der Waals surface area contributed by atoms with E-state index in [0.717, 1.165) is 28.1 Å². The van der Waals surface area contributed by atoms with Gasteiger partial charge < -0.3 is 24.7 Å². The number of nitrogens with one attached hydrogen (secondary N) is 1. The number of aliphatic carboxylic acids is 1. The first-order chi connectivity index (χ1) is 16.4. The number of fused-ring (bicyclic) bond motifs is 1. The molecule has 0 bridgehead atoms. The molecule has 0 spiro atoms. The number of carboxylic acid groups (broad SMARTS) is 1. The number of carbonyl (C=O) groups is 1. The van der Waals surface area contributed by atoms with E-state index in [1.807, 2.05) is 42.5 Å². The van der Waals surface area contributed by atoms with Gasteiger partial charge in [0.1, 0.15) is 23.9 Å². The number of benzene rings is 3. The summed E-state index contributed by atoms with van der Waals surface area (Å²) >= 11 is 0. The van der Waals surface area contributed by atoms with Gasteiger partial charge in [-0.25, -0.2) is 4.39 Å². The second-order valence-electron chi connectivity index (χ2n) is 8.79. The molecule has 1 saturated carbocycles. The Bertz CT molecular complexity index is 1150. The van der Waals surface area contributed by atoms with Crippen LogP contribution < -0.4 is 49.5 Å². The van der Waals surface area contributed by atoms with Crippen LogP contribution in [0, 0.1) is 11.7 Å². The van der Waals surface area contributed by atoms with E-state index in [4.69, 9.17) is 9.47 Å². The summed E-state index contributed by atoms with van der Waals surface area (Å²) in [6, 6.07) is 17.9. The Hall–Kier alpha value is -2.54. The van der Waals surface area contributed by atoms with Crippen LogP contribution in [-0.4, -0.2) is 19.7 Å². The number of ether oxygens (including phenoxy) is 2. The van der Waals surface area contributed by atoms with Crippen molar-refractivity contribution in [3.63, 3.8) is 0 Å². The molecule has 1 aliphatic heterocycles. The Morgan fingerprint density at radius 1 is 1.11 bits per heavy atom. The van der Waals surface area contributed by atoms with Gasteiger partial charge in [-0.2, -0.15) is 0 Å². The van der Waals surface area contributed by atoms with Crippen LogP contribution in [0.3, 0.4) is 0 Å².